The lowest BCUT2D eigenvalue weighted by molar-refractivity contribution is -0.134. The third-order valence-corrected chi connectivity index (χ3v) is 11.1. The molecule has 3 heterocycles. The van der Waals surface area contributed by atoms with Crippen molar-refractivity contribution in [1.29, 1.82) is 0 Å². The smallest absolute Gasteiger partial charge is 0.260 e. The van der Waals surface area contributed by atoms with Gasteiger partial charge in [-0.1, -0.05) is 12.1 Å². The Kier molecular flexibility index (Phi) is 8.00. The number of aromatic hydroxyl groups is 1. The van der Waals surface area contributed by atoms with Crippen LogP contribution in [0.15, 0.2) is 42.5 Å². The molecular weight excluding hydrogens is 643 g/mol. The molecule has 1 saturated carbocycles. The number of amides is 4. The van der Waals surface area contributed by atoms with Crippen molar-refractivity contribution in [2.75, 3.05) is 16.2 Å². The van der Waals surface area contributed by atoms with Crippen LogP contribution < -0.4 is 19.7 Å². The van der Waals surface area contributed by atoms with Gasteiger partial charge in [0.1, 0.15) is 18.0 Å². The van der Waals surface area contributed by atoms with E-state index in [-0.39, 0.29) is 34.4 Å². The summed E-state index contributed by atoms with van der Waals surface area (Å²) in [5.41, 5.74) is 2.75. The molecule has 1 atom stereocenters. The van der Waals surface area contributed by atoms with Gasteiger partial charge in [0.15, 0.2) is 5.82 Å². The summed E-state index contributed by atoms with van der Waals surface area (Å²) in [6.07, 6.45) is 4.64. The van der Waals surface area contributed by atoms with E-state index in [9.17, 15) is 33.4 Å². The van der Waals surface area contributed by atoms with E-state index in [1.165, 1.54) is 29.8 Å². The summed E-state index contributed by atoms with van der Waals surface area (Å²) in [6, 6.07) is 12.0. The molecule has 6 N–H and O–H groups in total. The van der Waals surface area contributed by atoms with Crippen molar-refractivity contribution in [2.45, 2.75) is 56.8 Å². The van der Waals surface area contributed by atoms with Gasteiger partial charge in [-0.15, -0.1) is 0 Å². The van der Waals surface area contributed by atoms with Crippen LogP contribution in [-0.2, 0) is 26.2 Å². The fraction of sp³-hybridized carbons (Fsp3) is 0.364. The summed E-state index contributed by atoms with van der Waals surface area (Å²) in [7, 11) is -1.97. The molecule has 3 aromatic carbocycles. The Labute approximate surface area is 276 Å². The lowest BCUT2D eigenvalue weighted by Gasteiger charge is -2.36. The second-order valence-corrected chi connectivity index (χ2v) is 14.5. The maximum Gasteiger partial charge on any atom is 0.260 e. The average molecular weight is 679 g/mol. The number of rotatable bonds is 6. The predicted molar refractivity (Wildman–Crippen MR) is 178 cm³/mol. The first kappa shape index (κ1) is 31.8. The standard InChI is InChI=1S/C33H35FN6O7S/c1-39-25-14-19(6-8-23(25)31(37-39)24-10-11-27(42)36-33(24)45)18-4-2-17(3-5-18)12-28(43)35-21-7-9-22-20(13-21)15-26(41)32(30(22)34)40-16-29(44)38-48(40,46)47/h6-9,13-15,17-18,24,41,46-47H,2-5,10-12,16H2,1H3,(H,35,43)(H,38,44)(H,36,42,45). The number of benzene rings is 3. The summed E-state index contributed by atoms with van der Waals surface area (Å²) in [5.74, 6) is -2.88. The summed E-state index contributed by atoms with van der Waals surface area (Å²) >= 11 is 0. The van der Waals surface area contributed by atoms with Gasteiger partial charge >= 0.3 is 0 Å². The van der Waals surface area contributed by atoms with E-state index in [0.717, 1.165) is 36.6 Å². The Balaban J connectivity index is 0.978. The number of hydrogen-bond donors (Lipinski definition) is 6. The predicted octanol–water partition coefficient (Wildman–Crippen LogP) is 4.91. The van der Waals surface area contributed by atoms with Gasteiger partial charge in [-0.05, 0) is 96.2 Å². The van der Waals surface area contributed by atoms with Crippen LogP contribution in [0.5, 0.6) is 5.75 Å². The number of aryl methyl sites for hydroxylation is 1. The fourth-order valence-electron chi connectivity index (χ4n) is 7.26. The van der Waals surface area contributed by atoms with E-state index in [1.54, 1.807) is 4.68 Å². The molecule has 0 radical (unpaired) electrons. The normalized spacial score (nSPS) is 23.3. The Bertz CT molecular complexity index is 2010. The van der Waals surface area contributed by atoms with E-state index < -0.39 is 46.6 Å². The SMILES string of the molecule is Cn1nc(C2CCC(=O)NC2=O)c2ccc(C3CCC(CC(=O)Nc4ccc5c(F)c(N6CC(=O)NS6(O)O)c(O)cc5c4)CC3)cc21. The number of piperidine rings is 1. The molecule has 0 spiro atoms. The van der Waals surface area contributed by atoms with E-state index >= 15 is 4.39 Å². The highest BCUT2D eigenvalue weighted by Crippen LogP contribution is 2.51. The highest BCUT2D eigenvalue weighted by atomic mass is 32.3. The molecule has 48 heavy (non-hydrogen) atoms. The summed E-state index contributed by atoms with van der Waals surface area (Å²) < 4.78 is 40.2. The maximum atomic E-state index is 15.4. The first-order valence-corrected chi connectivity index (χ1v) is 17.3. The molecule has 15 heteroatoms. The lowest BCUT2D eigenvalue weighted by atomic mass is 9.77. The van der Waals surface area contributed by atoms with Gasteiger partial charge < -0.3 is 10.4 Å². The average Bonchev–Trinajstić information content (AvgIpc) is 3.50. The molecule has 4 aromatic rings. The Morgan fingerprint density at radius 1 is 1.02 bits per heavy atom. The van der Waals surface area contributed by atoms with E-state index in [4.69, 9.17) is 0 Å². The van der Waals surface area contributed by atoms with Crippen LogP contribution in [0.1, 0.15) is 68.0 Å². The third-order valence-electron chi connectivity index (χ3n) is 9.67. The maximum absolute atomic E-state index is 15.4. The van der Waals surface area contributed by atoms with Gasteiger partial charge in [0.2, 0.25) is 17.7 Å². The van der Waals surface area contributed by atoms with Crippen LogP contribution >= 0.6 is 11.0 Å². The first-order chi connectivity index (χ1) is 22.9. The third kappa shape index (κ3) is 5.82. The zero-order valence-corrected chi connectivity index (χ0v) is 26.8. The number of fused-ring (bicyclic) bond motifs is 2. The van der Waals surface area contributed by atoms with Crippen LogP contribution in [-0.4, -0.2) is 54.2 Å². The number of phenolic OH excluding ortho intramolecular Hbond substituents is 1. The van der Waals surface area contributed by atoms with Crippen LogP contribution in [0, 0.1) is 11.7 Å². The fourth-order valence-corrected chi connectivity index (χ4v) is 8.47. The van der Waals surface area contributed by atoms with Crippen LogP contribution in [0.4, 0.5) is 15.8 Å². The number of carbonyl (C=O) groups excluding carboxylic acids is 4. The van der Waals surface area contributed by atoms with Gasteiger partial charge in [0.25, 0.3) is 5.91 Å². The molecule has 4 amide bonds. The molecule has 13 nitrogen and oxygen atoms in total. The minimum atomic E-state index is -3.82. The Morgan fingerprint density at radius 2 is 1.77 bits per heavy atom. The molecule has 2 aliphatic heterocycles. The second kappa shape index (κ2) is 12.1. The molecule has 1 aromatic heterocycles. The minimum absolute atomic E-state index is 0.0742. The Hall–Kier alpha value is -4.73. The molecule has 252 valence electrons. The van der Waals surface area contributed by atoms with Crippen LogP contribution in [0.25, 0.3) is 21.7 Å². The van der Waals surface area contributed by atoms with Crippen LogP contribution in [0.3, 0.4) is 0 Å². The summed E-state index contributed by atoms with van der Waals surface area (Å²) in [5, 5.41) is 21.8. The van der Waals surface area contributed by atoms with Gasteiger partial charge in [-0.25, -0.2) is 13.4 Å². The number of halogens is 1. The van der Waals surface area contributed by atoms with Gasteiger partial charge in [-0.2, -0.15) is 5.10 Å². The van der Waals surface area contributed by atoms with Crippen molar-refractivity contribution in [3.63, 3.8) is 0 Å². The van der Waals surface area contributed by atoms with Gasteiger partial charge in [-0.3, -0.25) is 38.3 Å². The number of imide groups is 1. The number of nitrogens with one attached hydrogen (secondary N) is 3. The molecular formula is C33H35FN6O7S. The number of hydrogen-bond acceptors (Lipinski definition) is 9. The number of phenols is 1. The van der Waals surface area contributed by atoms with Gasteiger partial charge in [0.05, 0.1) is 17.1 Å². The topological polar surface area (TPSA) is 186 Å². The van der Waals surface area contributed by atoms with Crippen molar-refractivity contribution in [3.05, 3.63) is 59.5 Å². The zero-order chi connectivity index (χ0) is 33.9. The number of aromatic nitrogens is 2. The monoisotopic (exact) mass is 678 g/mol. The molecule has 1 aliphatic carbocycles. The van der Waals surface area contributed by atoms with Gasteiger partial charge in [0, 0.05) is 36.3 Å². The summed E-state index contributed by atoms with van der Waals surface area (Å²) in [6.45, 7) is -0.526. The molecule has 1 unspecified atom stereocenters. The highest BCUT2D eigenvalue weighted by molar-refractivity contribution is 8.24. The van der Waals surface area contributed by atoms with E-state index in [1.807, 2.05) is 17.8 Å². The minimum Gasteiger partial charge on any atom is -0.506 e. The molecule has 0 bridgehead atoms. The van der Waals surface area contributed by atoms with Crippen molar-refractivity contribution in [2.24, 2.45) is 13.0 Å². The van der Waals surface area contributed by atoms with E-state index in [0.29, 0.717) is 40.9 Å². The Morgan fingerprint density at radius 3 is 2.48 bits per heavy atom. The number of carbonyl (C=O) groups is 4. The molecule has 3 aliphatic rings. The zero-order valence-electron chi connectivity index (χ0n) is 26.0. The highest BCUT2D eigenvalue weighted by Gasteiger charge is 2.38. The van der Waals surface area contributed by atoms with Crippen molar-refractivity contribution in [3.8, 4) is 5.75 Å². The lowest BCUT2D eigenvalue weighted by Crippen LogP contribution is -2.39. The largest absolute Gasteiger partial charge is 0.506 e. The van der Waals surface area contributed by atoms with Crippen molar-refractivity contribution in [1.82, 2.24) is 19.8 Å². The number of anilines is 2. The molecule has 2 saturated heterocycles. The molecule has 3 fully saturated rings. The second-order valence-electron chi connectivity index (χ2n) is 12.8. The van der Waals surface area contributed by atoms with Crippen molar-refractivity contribution >= 4 is 67.6 Å². The first-order valence-electron chi connectivity index (χ1n) is 15.8. The quantitative estimate of drug-likeness (QED) is 0.154. The van der Waals surface area contributed by atoms with Crippen LogP contribution in [0.2, 0.25) is 0 Å². The number of nitrogens with zero attached hydrogens (tertiary/aromatic N) is 3. The van der Waals surface area contributed by atoms with Crippen molar-refractivity contribution < 1.29 is 37.8 Å². The molecule has 7 rings (SSSR count). The summed E-state index contributed by atoms with van der Waals surface area (Å²) in [4.78, 5) is 48.8. The van der Waals surface area contributed by atoms with E-state index in [2.05, 4.69) is 27.9 Å².